The van der Waals surface area contributed by atoms with E-state index >= 15 is 0 Å². The van der Waals surface area contributed by atoms with E-state index in [9.17, 15) is 4.79 Å². The molecule has 0 aromatic heterocycles. The van der Waals surface area contributed by atoms with Crippen molar-refractivity contribution in [3.05, 3.63) is 0 Å². The van der Waals surface area contributed by atoms with E-state index in [1.165, 1.54) is 0 Å². The second-order valence-electron chi connectivity index (χ2n) is 5.75. The number of hydroxylamine groups is 2. The first-order chi connectivity index (χ1) is 7.30. The first-order valence-corrected chi connectivity index (χ1v) is 6.03. The summed E-state index contributed by atoms with van der Waals surface area (Å²) in [6, 6.07) is 0.237. The summed E-state index contributed by atoms with van der Waals surface area (Å²) in [4.78, 5) is 17.0. The van der Waals surface area contributed by atoms with E-state index in [2.05, 4.69) is 0 Å². The fourth-order valence-corrected chi connectivity index (χ4v) is 1.75. The quantitative estimate of drug-likeness (QED) is 0.779. The van der Waals surface area contributed by atoms with Crippen LogP contribution in [0.5, 0.6) is 0 Å². The Hall–Kier alpha value is -0.610. The van der Waals surface area contributed by atoms with E-state index in [1.54, 1.807) is 5.06 Å². The van der Waals surface area contributed by atoms with Crippen molar-refractivity contribution in [3.8, 4) is 0 Å². The highest BCUT2D eigenvalue weighted by molar-refractivity contribution is 5.75. The standard InChI is InChI=1S/C12H24N2O2/c1-9(13)10-5-7-14(8-6-10)16-11(15)12(2,3)4/h9-10H,5-8,13H2,1-4H3. The fraction of sp³-hybridized carbons (Fsp3) is 0.917. The van der Waals surface area contributed by atoms with Crippen LogP contribution in [0, 0.1) is 11.3 Å². The summed E-state index contributed by atoms with van der Waals surface area (Å²) in [6.07, 6.45) is 2.02. The van der Waals surface area contributed by atoms with Gasteiger partial charge in [0.05, 0.1) is 5.41 Å². The molecule has 0 saturated carbocycles. The molecule has 1 fully saturated rings. The Morgan fingerprint density at radius 2 is 1.88 bits per heavy atom. The molecule has 1 aliphatic heterocycles. The number of rotatable bonds is 2. The van der Waals surface area contributed by atoms with Crippen molar-refractivity contribution in [3.63, 3.8) is 0 Å². The molecule has 0 aromatic carbocycles. The van der Waals surface area contributed by atoms with E-state index in [1.807, 2.05) is 27.7 Å². The number of carbonyl (C=O) groups is 1. The zero-order valence-electron chi connectivity index (χ0n) is 10.8. The third-order valence-electron chi connectivity index (χ3n) is 3.07. The smallest absolute Gasteiger partial charge is 0.330 e. The largest absolute Gasteiger partial charge is 0.367 e. The molecule has 1 unspecified atom stereocenters. The van der Waals surface area contributed by atoms with Crippen LogP contribution in [0.4, 0.5) is 0 Å². The number of piperidine rings is 1. The molecule has 1 saturated heterocycles. The molecule has 1 aliphatic rings. The highest BCUT2D eigenvalue weighted by Gasteiger charge is 2.29. The van der Waals surface area contributed by atoms with Crippen LogP contribution in [-0.4, -0.2) is 30.2 Å². The minimum atomic E-state index is -0.433. The van der Waals surface area contributed by atoms with Gasteiger partial charge in [0.15, 0.2) is 0 Å². The molecular formula is C12H24N2O2. The molecular weight excluding hydrogens is 204 g/mol. The molecule has 1 heterocycles. The normalized spacial score (nSPS) is 21.8. The lowest BCUT2D eigenvalue weighted by Gasteiger charge is -2.33. The van der Waals surface area contributed by atoms with Gasteiger partial charge >= 0.3 is 5.97 Å². The summed E-state index contributed by atoms with van der Waals surface area (Å²) in [7, 11) is 0. The maximum atomic E-state index is 11.7. The number of nitrogens with zero attached hydrogens (tertiary/aromatic N) is 1. The van der Waals surface area contributed by atoms with Crippen molar-refractivity contribution in [2.45, 2.75) is 46.6 Å². The average Bonchev–Trinajstić information content (AvgIpc) is 2.17. The molecule has 4 heteroatoms. The topological polar surface area (TPSA) is 55.6 Å². The Morgan fingerprint density at radius 3 is 2.25 bits per heavy atom. The van der Waals surface area contributed by atoms with Gasteiger partial charge in [-0.1, -0.05) is 0 Å². The summed E-state index contributed by atoms with van der Waals surface area (Å²) in [5.41, 5.74) is 5.42. The summed E-state index contributed by atoms with van der Waals surface area (Å²) in [5.74, 6) is 0.399. The zero-order valence-corrected chi connectivity index (χ0v) is 10.8. The predicted molar refractivity (Wildman–Crippen MR) is 63.5 cm³/mol. The summed E-state index contributed by atoms with van der Waals surface area (Å²) >= 11 is 0. The number of carbonyl (C=O) groups excluding carboxylic acids is 1. The van der Waals surface area contributed by atoms with Crippen LogP contribution in [0.2, 0.25) is 0 Å². The monoisotopic (exact) mass is 228 g/mol. The van der Waals surface area contributed by atoms with Crippen LogP contribution in [0.1, 0.15) is 40.5 Å². The van der Waals surface area contributed by atoms with Crippen LogP contribution >= 0.6 is 0 Å². The van der Waals surface area contributed by atoms with Crippen molar-refractivity contribution < 1.29 is 9.63 Å². The van der Waals surface area contributed by atoms with Gasteiger partial charge < -0.3 is 10.6 Å². The van der Waals surface area contributed by atoms with Gasteiger partial charge in [-0.2, -0.15) is 0 Å². The Labute approximate surface area is 98.1 Å². The SMILES string of the molecule is CC(N)C1CCN(OC(=O)C(C)(C)C)CC1. The van der Waals surface area contributed by atoms with Gasteiger partial charge in [-0.25, -0.2) is 4.79 Å². The van der Waals surface area contributed by atoms with Gasteiger partial charge in [-0.15, -0.1) is 5.06 Å². The van der Waals surface area contributed by atoms with Crippen molar-refractivity contribution in [1.82, 2.24) is 5.06 Å². The van der Waals surface area contributed by atoms with Crippen LogP contribution in [0.15, 0.2) is 0 Å². The fourth-order valence-electron chi connectivity index (χ4n) is 1.75. The Kier molecular flexibility index (Phi) is 4.33. The third-order valence-corrected chi connectivity index (χ3v) is 3.07. The molecule has 0 spiro atoms. The Bertz CT molecular complexity index is 238. The van der Waals surface area contributed by atoms with E-state index in [0.29, 0.717) is 5.92 Å². The van der Waals surface area contributed by atoms with Gasteiger partial charge in [0, 0.05) is 19.1 Å². The molecule has 0 bridgehead atoms. The zero-order chi connectivity index (χ0) is 12.3. The molecule has 2 N–H and O–H groups in total. The van der Waals surface area contributed by atoms with Crippen LogP contribution in [0.25, 0.3) is 0 Å². The summed E-state index contributed by atoms with van der Waals surface area (Å²) in [6.45, 7) is 9.24. The number of hydrogen-bond donors (Lipinski definition) is 1. The Balaban J connectivity index is 2.35. The van der Waals surface area contributed by atoms with E-state index in [4.69, 9.17) is 10.6 Å². The number of hydrogen-bond acceptors (Lipinski definition) is 4. The minimum Gasteiger partial charge on any atom is -0.367 e. The van der Waals surface area contributed by atoms with Gasteiger partial charge in [-0.3, -0.25) is 0 Å². The summed E-state index contributed by atoms with van der Waals surface area (Å²) < 4.78 is 0. The maximum absolute atomic E-state index is 11.7. The van der Waals surface area contributed by atoms with Gasteiger partial charge in [0.1, 0.15) is 0 Å². The molecule has 1 rings (SSSR count). The van der Waals surface area contributed by atoms with Gasteiger partial charge in [-0.05, 0) is 46.5 Å². The van der Waals surface area contributed by atoms with E-state index in [-0.39, 0.29) is 12.0 Å². The molecule has 0 radical (unpaired) electrons. The van der Waals surface area contributed by atoms with Crippen molar-refractivity contribution in [2.75, 3.05) is 13.1 Å². The van der Waals surface area contributed by atoms with Crippen LogP contribution in [-0.2, 0) is 9.63 Å². The molecule has 16 heavy (non-hydrogen) atoms. The first kappa shape index (κ1) is 13.5. The van der Waals surface area contributed by atoms with Gasteiger partial charge in [0.2, 0.25) is 0 Å². The highest BCUT2D eigenvalue weighted by atomic mass is 16.7. The summed E-state index contributed by atoms with van der Waals surface area (Å²) in [5, 5.41) is 1.77. The lowest BCUT2D eigenvalue weighted by molar-refractivity contribution is -0.206. The molecule has 94 valence electrons. The second-order valence-corrected chi connectivity index (χ2v) is 5.75. The first-order valence-electron chi connectivity index (χ1n) is 6.03. The van der Waals surface area contributed by atoms with Crippen LogP contribution < -0.4 is 5.73 Å². The molecule has 1 atom stereocenters. The maximum Gasteiger partial charge on any atom is 0.330 e. The highest BCUT2D eigenvalue weighted by Crippen LogP contribution is 2.22. The lowest BCUT2D eigenvalue weighted by Crippen LogP contribution is -2.42. The molecule has 4 nitrogen and oxygen atoms in total. The average molecular weight is 228 g/mol. The molecule has 0 aliphatic carbocycles. The molecule has 0 amide bonds. The predicted octanol–water partition coefficient (Wildman–Crippen LogP) is 1.55. The third kappa shape index (κ3) is 3.76. The van der Waals surface area contributed by atoms with Crippen LogP contribution in [0.3, 0.4) is 0 Å². The minimum absolute atomic E-state index is 0.160. The second kappa shape index (κ2) is 5.15. The van der Waals surface area contributed by atoms with Gasteiger partial charge in [0.25, 0.3) is 0 Å². The van der Waals surface area contributed by atoms with Crippen molar-refractivity contribution >= 4 is 5.97 Å². The van der Waals surface area contributed by atoms with E-state index in [0.717, 1.165) is 25.9 Å². The van der Waals surface area contributed by atoms with Crippen molar-refractivity contribution in [1.29, 1.82) is 0 Å². The number of nitrogens with two attached hydrogens (primary N) is 1. The Morgan fingerprint density at radius 1 is 1.38 bits per heavy atom. The van der Waals surface area contributed by atoms with Crippen molar-refractivity contribution in [2.24, 2.45) is 17.1 Å². The molecule has 0 aromatic rings. The lowest BCUT2D eigenvalue weighted by atomic mass is 9.92. The van der Waals surface area contributed by atoms with E-state index < -0.39 is 5.41 Å².